The summed E-state index contributed by atoms with van der Waals surface area (Å²) in [5.41, 5.74) is 0.912. The molecular formula is C10H15N3. The maximum Gasteiger partial charge on any atom is 0.0684 e. The second-order valence-corrected chi connectivity index (χ2v) is 4.03. The Morgan fingerprint density at radius 2 is 2.31 bits per heavy atom. The fourth-order valence-corrected chi connectivity index (χ4v) is 1.04. The van der Waals surface area contributed by atoms with Crippen LogP contribution in [-0.2, 0) is 6.54 Å². The van der Waals surface area contributed by atoms with Crippen molar-refractivity contribution in [2.75, 3.05) is 0 Å². The van der Waals surface area contributed by atoms with Gasteiger partial charge >= 0.3 is 0 Å². The highest BCUT2D eigenvalue weighted by Gasteiger charge is 2.16. The molecule has 0 atom stereocenters. The zero-order chi connectivity index (χ0) is 9.90. The Morgan fingerprint density at radius 3 is 2.77 bits per heavy atom. The molecule has 1 heterocycles. The Kier molecular flexibility index (Phi) is 2.72. The van der Waals surface area contributed by atoms with Crippen molar-refractivity contribution in [2.45, 2.75) is 33.7 Å². The van der Waals surface area contributed by atoms with E-state index in [9.17, 15) is 0 Å². The van der Waals surface area contributed by atoms with Gasteiger partial charge in [-0.25, -0.2) is 0 Å². The van der Waals surface area contributed by atoms with Crippen molar-refractivity contribution in [3.05, 3.63) is 18.0 Å². The minimum absolute atomic E-state index is 0.250. The summed E-state index contributed by atoms with van der Waals surface area (Å²) in [6.07, 6.45) is 4.66. The summed E-state index contributed by atoms with van der Waals surface area (Å²) >= 11 is 0. The Bertz CT molecular complexity index is 317. The monoisotopic (exact) mass is 177 g/mol. The minimum atomic E-state index is -0.250. The molecule has 0 amide bonds. The van der Waals surface area contributed by atoms with Crippen LogP contribution in [0.2, 0.25) is 0 Å². The molecule has 0 radical (unpaired) electrons. The van der Waals surface area contributed by atoms with Gasteiger partial charge in [-0.2, -0.15) is 10.4 Å². The van der Waals surface area contributed by atoms with Gasteiger partial charge in [0.05, 0.1) is 17.7 Å². The van der Waals surface area contributed by atoms with E-state index in [1.54, 1.807) is 0 Å². The lowest BCUT2D eigenvalue weighted by atomic mass is 9.92. The third kappa shape index (κ3) is 2.90. The van der Waals surface area contributed by atoms with E-state index in [1.165, 1.54) is 0 Å². The molecule has 0 unspecified atom stereocenters. The molecule has 1 aromatic rings. The molecule has 0 N–H and O–H groups in total. The molecule has 13 heavy (non-hydrogen) atoms. The van der Waals surface area contributed by atoms with Crippen molar-refractivity contribution in [3.63, 3.8) is 0 Å². The van der Waals surface area contributed by atoms with Crippen LogP contribution in [0.1, 0.15) is 25.8 Å². The fourth-order valence-electron chi connectivity index (χ4n) is 1.04. The summed E-state index contributed by atoms with van der Waals surface area (Å²) in [6, 6.07) is 2.28. The number of hydrogen-bond donors (Lipinski definition) is 0. The van der Waals surface area contributed by atoms with E-state index in [0.717, 1.165) is 18.5 Å². The number of hydrogen-bond acceptors (Lipinski definition) is 2. The topological polar surface area (TPSA) is 41.6 Å². The molecule has 0 saturated carbocycles. The lowest BCUT2D eigenvalue weighted by Crippen LogP contribution is -2.12. The summed E-state index contributed by atoms with van der Waals surface area (Å²) < 4.78 is 1.88. The van der Waals surface area contributed by atoms with Crippen LogP contribution in [0.5, 0.6) is 0 Å². The van der Waals surface area contributed by atoms with Gasteiger partial charge in [-0.3, -0.25) is 4.68 Å². The van der Waals surface area contributed by atoms with E-state index in [-0.39, 0.29) is 5.41 Å². The van der Waals surface area contributed by atoms with Gasteiger partial charge in [0.1, 0.15) is 0 Å². The van der Waals surface area contributed by atoms with Gasteiger partial charge in [0, 0.05) is 12.7 Å². The minimum Gasteiger partial charge on any atom is -0.272 e. The molecule has 0 saturated heterocycles. The van der Waals surface area contributed by atoms with Crippen LogP contribution in [0.25, 0.3) is 0 Å². The molecule has 3 heteroatoms. The number of aryl methyl sites for hydroxylation is 2. The highest BCUT2D eigenvalue weighted by Crippen LogP contribution is 2.19. The molecule has 0 fully saturated rings. The molecule has 70 valence electrons. The Morgan fingerprint density at radius 1 is 1.62 bits per heavy atom. The largest absolute Gasteiger partial charge is 0.272 e. The lowest BCUT2D eigenvalue weighted by Gasteiger charge is -2.14. The van der Waals surface area contributed by atoms with Gasteiger partial charge < -0.3 is 0 Å². The number of rotatable bonds is 3. The van der Waals surface area contributed by atoms with Crippen molar-refractivity contribution in [2.24, 2.45) is 5.41 Å². The van der Waals surface area contributed by atoms with Crippen LogP contribution in [-0.4, -0.2) is 9.78 Å². The fraction of sp³-hybridized carbons (Fsp3) is 0.600. The van der Waals surface area contributed by atoms with Gasteiger partial charge in [-0.05, 0) is 32.8 Å². The molecule has 3 nitrogen and oxygen atoms in total. The average Bonchev–Trinajstić information content (AvgIpc) is 2.48. The van der Waals surface area contributed by atoms with Crippen molar-refractivity contribution in [3.8, 4) is 6.07 Å². The van der Waals surface area contributed by atoms with Gasteiger partial charge in [0.15, 0.2) is 0 Å². The molecule has 0 aromatic carbocycles. The average molecular weight is 177 g/mol. The van der Waals surface area contributed by atoms with E-state index >= 15 is 0 Å². The maximum absolute atomic E-state index is 8.80. The highest BCUT2D eigenvalue weighted by atomic mass is 15.3. The zero-order valence-electron chi connectivity index (χ0n) is 8.41. The van der Waals surface area contributed by atoms with E-state index in [4.69, 9.17) is 5.26 Å². The van der Waals surface area contributed by atoms with Crippen molar-refractivity contribution in [1.82, 2.24) is 9.78 Å². The highest BCUT2D eigenvalue weighted by molar-refractivity contribution is 4.99. The van der Waals surface area contributed by atoms with E-state index in [0.29, 0.717) is 0 Å². The quantitative estimate of drug-likeness (QED) is 0.709. The molecule has 1 rings (SSSR count). The SMILES string of the molecule is Cc1cnn(CCC(C)(C)C#N)c1. The summed E-state index contributed by atoms with van der Waals surface area (Å²) in [4.78, 5) is 0. The number of aromatic nitrogens is 2. The zero-order valence-corrected chi connectivity index (χ0v) is 8.41. The van der Waals surface area contributed by atoms with Crippen LogP contribution < -0.4 is 0 Å². The van der Waals surface area contributed by atoms with Crippen LogP contribution in [0.15, 0.2) is 12.4 Å². The number of nitriles is 1. The molecule has 1 aromatic heterocycles. The molecule has 0 bridgehead atoms. The van der Waals surface area contributed by atoms with E-state index < -0.39 is 0 Å². The molecule has 0 aliphatic rings. The summed E-state index contributed by atoms with van der Waals surface area (Å²) in [7, 11) is 0. The third-order valence-electron chi connectivity index (χ3n) is 2.03. The first-order valence-electron chi connectivity index (χ1n) is 4.44. The second kappa shape index (κ2) is 3.61. The predicted molar refractivity (Wildman–Crippen MR) is 51.0 cm³/mol. The molecular weight excluding hydrogens is 162 g/mol. The summed E-state index contributed by atoms with van der Waals surface area (Å²) in [5, 5.41) is 13.0. The maximum atomic E-state index is 8.80. The smallest absolute Gasteiger partial charge is 0.0684 e. The van der Waals surface area contributed by atoms with E-state index in [2.05, 4.69) is 11.2 Å². The normalized spacial score (nSPS) is 11.2. The Hall–Kier alpha value is -1.30. The summed E-state index contributed by atoms with van der Waals surface area (Å²) in [5.74, 6) is 0. The Labute approximate surface area is 79.0 Å². The first-order valence-corrected chi connectivity index (χ1v) is 4.44. The Balaban J connectivity index is 2.49. The third-order valence-corrected chi connectivity index (χ3v) is 2.03. The van der Waals surface area contributed by atoms with Crippen molar-refractivity contribution >= 4 is 0 Å². The van der Waals surface area contributed by atoms with Gasteiger partial charge in [0.25, 0.3) is 0 Å². The first-order chi connectivity index (χ1) is 6.03. The van der Waals surface area contributed by atoms with Crippen molar-refractivity contribution in [1.29, 1.82) is 5.26 Å². The number of nitrogens with zero attached hydrogens (tertiary/aromatic N) is 3. The van der Waals surface area contributed by atoms with Gasteiger partial charge in [-0.1, -0.05) is 0 Å². The molecule has 0 aliphatic heterocycles. The molecule has 0 spiro atoms. The van der Waals surface area contributed by atoms with Crippen LogP contribution in [0.3, 0.4) is 0 Å². The van der Waals surface area contributed by atoms with Crippen LogP contribution >= 0.6 is 0 Å². The van der Waals surface area contributed by atoms with Crippen molar-refractivity contribution < 1.29 is 0 Å². The lowest BCUT2D eigenvalue weighted by molar-refractivity contribution is 0.399. The predicted octanol–water partition coefficient (Wildman–Crippen LogP) is 2.13. The van der Waals surface area contributed by atoms with E-state index in [1.807, 2.05) is 37.8 Å². The molecule has 0 aliphatic carbocycles. The first kappa shape index (κ1) is 9.79. The van der Waals surface area contributed by atoms with Crippen LogP contribution in [0, 0.1) is 23.7 Å². The van der Waals surface area contributed by atoms with Crippen LogP contribution in [0.4, 0.5) is 0 Å². The second-order valence-electron chi connectivity index (χ2n) is 4.03. The summed E-state index contributed by atoms with van der Waals surface area (Å²) in [6.45, 7) is 6.72. The van der Waals surface area contributed by atoms with Gasteiger partial charge in [-0.15, -0.1) is 0 Å². The van der Waals surface area contributed by atoms with Gasteiger partial charge in [0.2, 0.25) is 0 Å². The standard InChI is InChI=1S/C10H15N3/c1-9-6-12-13(7-9)5-4-10(2,3)8-11/h6-7H,4-5H2,1-3H3.